The highest BCUT2D eigenvalue weighted by Crippen LogP contribution is 2.37. The van der Waals surface area contributed by atoms with Crippen LogP contribution in [-0.2, 0) is 11.2 Å². The van der Waals surface area contributed by atoms with Crippen molar-refractivity contribution >= 4 is 44.4 Å². The highest BCUT2D eigenvalue weighted by Gasteiger charge is 2.16. The largest absolute Gasteiger partial charge is 0.493 e. The summed E-state index contributed by atoms with van der Waals surface area (Å²) in [5.41, 5.74) is 0.498. The highest BCUT2D eigenvalue weighted by molar-refractivity contribution is 9.10. The number of methoxy groups -OCH3 is 1. The number of nitriles is 1. The van der Waals surface area contributed by atoms with Gasteiger partial charge in [-0.1, -0.05) is 30.4 Å². The van der Waals surface area contributed by atoms with Gasteiger partial charge in [0.25, 0.3) is 5.91 Å². The molecule has 1 aromatic heterocycles. The molecule has 36 heavy (non-hydrogen) atoms. The SMILES string of the molecule is CCOc1cc(/C=C(/C#N)C(=O)Nc2nnc(CC)s2)cc(Br)c1OCCOc1ccccc1OC. The molecule has 0 saturated heterocycles. The molecular weight excluding hydrogens is 548 g/mol. The molecule has 1 amide bonds. The van der Waals surface area contributed by atoms with Crippen LogP contribution in [-0.4, -0.2) is 43.0 Å². The predicted octanol–water partition coefficient (Wildman–Crippen LogP) is 5.27. The van der Waals surface area contributed by atoms with Crippen LogP contribution in [0, 0.1) is 11.3 Å². The summed E-state index contributed by atoms with van der Waals surface area (Å²) >= 11 is 4.77. The molecule has 0 fully saturated rings. The third-order valence-corrected chi connectivity index (χ3v) is 6.23. The van der Waals surface area contributed by atoms with Gasteiger partial charge in [-0.05, 0) is 65.2 Å². The van der Waals surface area contributed by atoms with Crippen molar-refractivity contribution in [2.45, 2.75) is 20.3 Å². The topological polar surface area (TPSA) is 116 Å². The number of nitrogens with zero attached hydrogens (tertiary/aromatic N) is 3. The van der Waals surface area contributed by atoms with Crippen molar-refractivity contribution in [2.24, 2.45) is 0 Å². The van der Waals surface area contributed by atoms with E-state index in [0.29, 0.717) is 51.2 Å². The first-order valence-electron chi connectivity index (χ1n) is 11.1. The minimum atomic E-state index is -0.570. The van der Waals surface area contributed by atoms with Gasteiger partial charge in [-0.2, -0.15) is 5.26 Å². The van der Waals surface area contributed by atoms with Gasteiger partial charge in [0.2, 0.25) is 5.13 Å². The molecule has 1 N–H and O–H groups in total. The zero-order valence-electron chi connectivity index (χ0n) is 20.0. The fourth-order valence-corrected chi connectivity index (χ4v) is 4.28. The molecule has 0 radical (unpaired) electrons. The number of rotatable bonds is 12. The summed E-state index contributed by atoms with van der Waals surface area (Å²) in [5.74, 6) is 1.64. The Kier molecular flexibility index (Phi) is 10.1. The maximum Gasteiger partial charge on any atom is 0.268 e. The average molecular weight is 573 g/mol. The van der Waals surface area contributed by atoms with Crippen LogP contribution in [0.1, 0.15) is 24.4 Å². The number of carbonyl (C=O) groups is 1. The second-order valence-electron chi connectivity index (χ2n) is 7.09. The number of carbonyl (C=O) groups excluding carboxylic acids is 1. The Morgan fingerprint density at radius 1 is 1.11 bits per heavy atom. The first-order valence-corrected chi connectivity index (χ1v) is 12.7. The van der Waals surface area contributed by atoms with Gasteiger partial charge in [-0.15, -0.1) is 10.2 Å². The number of aryl methyl sites for hydroxylation is 1. The van der Waals surface area contributed by atoms with Crippen LogP contribution >= 0.6 is 27.3 Å². The standard InChI is InChI=1S/C25H25BrN4O5S/c1-4-22-29-30-25(36-22)28-24(31)17(15-27)12-16-13-18(26)23(21(14-16)33-5-2)35-11-10-34-20-9-7-6-8-19(20)32-3/h6-9,12-14H,4-5,10-11H2,1-3H3,(H,28,30,31)/b17-12-. The first kappa shape index (κ1) is 27.0. The lowest BCUT2D eigenvalue weighted by molar-refractivity contribution is -0.112. The Bertz CT molecular complexity index is 1270. The van der Waals surface area contributed by atoms with Crippen molar-refractivity contribution in [3.8, 4) is 29.1 Å². The predicted molar refractivity (Wildman–Crippen MR) is 141 cm³/mol. The lowest BCUT2D eigenvalue weighted by atomic mass is 10.1. The maximum absolute atomic E-state index is 12.6. The zero-order chi connectivity index (χ0) is 25.9. The molecule has 0 saturated carbocycles. The Morgan fingerprint density at radius 3 is 2.53 bits per heavy atom. The molecule has 0 aliphatic heterocycles. The van der Waals surface area contributed by atoms with Gasteiger partial charge in [-0.25, -0.2) is 0 Å². The van der Waals surface area contributed by atoms with Gasteiger partial charge >= 0.3 is 0 Å². The molecule has 0 unspecified atom stereocenters. The van der Waals surface area contributed by atoms with E-state index in [1.54, 1.807) is 19.2 Å². The summed E-state index contributed by atoms with van der Waals surface area (Å²) in [4.78, 5) is 12.6. The van der Waals surface area contributed by atoms with Crippen molar-refractivity contribution in [2.75, 3.05) is 32.2 Å². The summed E-state index contributed by atoms with van der Waals surface area (Å²) in [7, 11) is 1.58. The Balaban J connectivity index is 1.72. The number of aromatic nitrogens is 2. The second kappa shape index (κ2) is 13.5. The Morgan fingerprint density at radius 2 is 1.86 bits per heavy atom. The molecule has 2 aromatic carbocycles. The molecule has 3 rings (SSSR count). The summed E-state index contributed by atoms with van der Waals surface area (Å²) in [5, 5.41) is 21.2. The quantitative estimate of drug-likeness (QED) is 0.177. The van der Waals surface area contributed by atoms with Crippen molar-refractivity contribution in [1.82, 2.24) is 10.2 Å². The van der Waals surface area contributed by atoms with Gasteiger partial charge in [0.05, 0.1) is 18.2 Å². The van der Waals surface area contributed by atoms with Crippen molar-refractivity contribution in [3.05, 3.63) is 57.0 Å². The van der Waals surface area contributed by atoms with Crippen LogP contribution in [0.25, 0.3) is 6.08 Å². The van der Waals surface area contributed by atoms with E-state index in [1.165, 1.54) is 17.4 Å². The lowest BCUT2D eigenvalue weighted by Crippen LogP contribution is -2.13. The van der Waals surface area contributed by atoms with Gasteiger partial charge in [0, 0.05) is 0 Å². The first-order chi connectivity index (χ1) is 17.5. The fraction of sp³-hybridized carbons (Fsp3) is 0.280. The molecule has 11 heteroatoms. The number of hydrogen-bond donors (Lipinski definition) is 1. The van der Waals surface area contributed by atoms with E-state index in [2.05, 4.69) is 31.4 Å². The van der Waals surface area contributed by atoms with E-state index in [4.69, 9.17) is 18.9 Å². The number of amides is 1. The minimum Gasteiger partial charge on any atom is -0.493 e. The fourth-order valence-electron chi connectivity index (χ4n) is 3.03. The van der Waals surface area contributed by atoms with E-state index in [9.17, 15) is 10.1 Å². The third-order valence-electron chi connectivity index (χ3n) is 4.65. The van der Waals surface area contributed by atoms with Gasteiger partial charge in [-0.3, -0.25) is 10.1 Å². The average Bonchev–Trinajstić information content (AvgIpc) is 3.34. The lowest BCUT2D eigenvalue weighted by Gasteiger charge is -2.15. The number of hydrogen-bond acceptors (Lipinski definition) is 9. The summed E-state index contributed by atoms with van der Waals surface area (Å²) < 4.78 is 23.3. The molecular formula is C25H25BrN4O5S. The van der Waals surface area contributed by atoms with Crippen LogP contribution in [0.5, 0.6) is 23.0 Å². The molecule has 3 aromatic rings. The number of para-hydroxylation sites is 2. The maximum atomic E-state index is 12.6. The van der Waals surface area contributed by atoms with E-state index < -0.39 is 5.91 Å². The number of ether oxygens (including phenoxy) is 4. The molecule has 188 valence electrons. The van der Waals surface area contributed by atoms with E-state index >= 15 is 0 Å². The van der Waals surface area contributed by atoms with Crippen molar-refractivity contribution in [1.29, 1.82) is 5.26 Å². The van der Waals surface area contributed by atoms with E-state index in [-0.39, 0.29) is 18.8 Å². The van der Waals surface area contributed by atoms with Crippen molar-refractivity contribution < 1.29 is 23.7 Å². The van der Waals surface area contributed by atoms with Crippen LogP contribution in [0.15, 0.2) is 46.4 Å². The van der Waals surface area contributed by atoms with Crippen molar-refractivity contribution in [3.63, 3.8) is 0 Å². The Labute approximate surface area is 221 Å². The molecule has 0 atom stereocenters. The van der Waals surface area contributed by atoms with Gasteiger partial charge in [0.1, 0.15) is 29.9 Å². The van der Waals surface area contributed by atoms with Crippen LogP contribution in [0.4, 0.5) is 5.13 Å². The molecule has 0 spiro atoms. The second-order valence-corrected chi connectivity index (χ2v) is 9.01. The normalized spacial score (nSPS) is 10.9. The molecule has 9 nitrogen and oxygen atoms in total. The number of halogens is 1. The van der Waals surface area contributed by atoms with Crippen LogP contribution in [0.2, 0.25) is 0 Å². The van der Waals surface area contributed by atoms with Crippen LogP contribution in [0.3, 0.4) is 0 Å². The monoisotopic (exact) mass is 572 g/mol. The molecule has 0 aliphatic carbocycles. The highest BCUT2D eigenvalue weighted by atomic mass is 79.9. The minimum absolute atomic E-state index is 0.0866. The summed E-state index contributed by atoms with van der Waals surface area (Å²) in [6.07, 6.45) is 2.18. The summed E-state index contributed by atoms with van der Waals surface area (Å²) in [6.45, 7) is 4.73. The van der Waals surface area contributed by atoms with E-state index in [0.717, 1.165) is 5.01 Å². The van der Waals surface area contributed by atoms with Gasteiger partial charge in [0.15, 0.2) is 23.0 Å². The summed E-state index contributed by atoms with van der Waals surface area (Å²) in [6, 6.07) is 12.7. The number of nitrogens with one attached hydrogen (secondary N) is 1. The van der Waals surface area contributed by atoms with E-state index in [1.807, 2.05) is 44.2 Å². The zero-order valence-corrected chi connectivity index (χ0v) is 22.4. The van der Waals surface area contributed by atoms with Gasteiger partial charge < -0.3 is 18.9 Å². The van der Waals surface area contributed by atoms with Crippen LogP contribution < -0.4 is 24.3 Å². The molecule has 1 heterocycles. The molecule has 0 bridgehead atoms. The number of anilines is 1. The third kappa shape index (κ3) is 7.19. The Hall–Kier alpha value is -3.62. The molecule has 0 aliphatic rings. The number of benzene rings is 2. The smallest absolute Gasteiger partial charge is 0.268 e.